The molecule has 2 nitrogen and oxygen atoms in total. The first kappa shape index (κ1) is 15.0. The summed E-state index contributed by atoms with van der Waals surface area (Å²) >= 11 is 0. The molecule has 1 aliphatic heterocycles. The van der Waals surface area contributed by atoms with Gasteiger partial charge >= 0.3 is 0 Å². The monoisotopic (exact) mass is 242 g/mol. The number of rotatable bonds is 12. The number of hydrogen-bond acceptors (Lipinski definition) is 2. The summed E-state index contributed by atoms with van der Waals surface area (Å²) in [5, 5.41) is 0. The molecule has 2 unspecified atom stereocenters. The zero-order valence-corrected chi connectivity index (χ0v) is 11.7. The van der Waals surface area contributed by atoms with Gasteiger partial charge in [-0.3, -0.25) is 0 Å². The van der Waals surface area contributed by atoms with Crippen LogP contribution in [-0.4, -0.2) is 25.9 Å². The van der Waals surface area contributed by atoms with Gasteiger partial charge < -0.3 is 9.47 Å². The second-order valence-corrected chi connectivity index (χ2v) is 5.45. The molecule has 0 saturated carbocycles. The highest BCUT2D eigenvalue weighted by molar-refractivity contribution is 4.66. The number of epoxide rings is 1. The molecule has 0 spiro atoms. The molecule has 0 amide bonds. The molecule has 1 saturated heterocycles. The smallest absolute Gasteiger partial charge is 0.104 e. The Kier molecular flexibility index (Phi) is 8.72. The molecular weight excluding hydrogens is 212 g/mol. The summed E-state index contributed by atoms with van der Waals surface area (Å²) in [6.45, 7) is 7.30. The van der Waals surface area contributed by atoms with Crippen LogP contribution in [0.4, 0.5) is 0 Å². The van der Waals surface area contributed by atoms with Crippen LogP contribution < -0.4 is 0 Å². The van der Waals surface area contributed by atoms with Crippen molar-refractivity contribution < 1.29 is 9.47 Å². The minimum absolute atomic E-state index is 0.426. The standard InChI is InChI=1S/C15H30O2/c1-3-14(2)10-8-6-4-5-7-9-11-16-12-15-13-17-15/h14-15H,3-13H2,1-2H3. The third-order valence-electron chi connectivity index (χ3n) is 3.64. The Bertz CT molecular complexity index is 166. The first-order valence-electron chi connectivity index (χ1n) is 7.52. The van der Waals surface area contributed by atoms with Gasteiger partial charge in [0, 0.05) is 6.61 Å². The Labute approximate surface area is 107 Å². The summed E-state index contributed by atoms with van der Waals surface area (Å²) in [6, 6.07) is 0. The van der Waals surface area contributed by atoms with Crippen LogP contribution in [0.15, 0.2) is 0 Å². The molecule has 0 aliphatic carbocycles. The molecule has 0 N–H and O–H groups in total. The number of hydrogen-bond donors (Lipinski definition) is 0. The van der Waals surface area contributed by atoms with Gasteiger partial charge in [0.15, 0.2) is 0 Å². The summed E-state index contributed by atoms with van der Waals surface area (Å²) in [7, 11) is 0. The second kappa shape index (κ2) is 9.90. The maximum Gasteiger partial charge on any atom is 0.104 e. The van der Waals surface area contributed by atoms with Crippen molar-refractivity contribution in [2.24, 2.45) is 5.92 Å². The van der Waals surface area contributed by atoms with E-state index in [1.54, 1.807) is 0 Å². The van der Waals surface area contributed by atoms with Crippen LogP contribution >= 0.6 is 0 Å². The Morgan fingerprint density at radius 1 is 1.12 bits per heavy atom. The van der Waals surface area contributed by atoms with E-state index in [4.69, 9.17) is 9.47 Å². The summed E-state index contributed by atoms with van der Waals surface area (Å²) < 4.78 is 10.6. The van der Waals surface area contributed by atoms with Gasteiger partial charge in [-0.25, -0.2) is 0 Å². The van der Waals surface area contributed by atoms with Crippen LogP contribution in [0.5, 0.6) is 0 Å². The van der Waals surface area contributed by atoms with Crippen LogP contribution in [0.3, 0.4) is 0 Å². The Morgan fingerprint density at radius 3 is 2.41 bits per heavy atom. The van der Waals surface area contributed by atoms with E-state index in [1.165, 1.54) is 51.4 Å². The molecule has 1 heterocycles. The van der Waals surface area contributed by atoms with Gasteiger partial charge in [0.1, 0.15) is 6.10 Å². The maximum absolute atomic E-state index is 5.51. The van der Waals surface area contributed by atoms with Gasteiger partial charge in [-0.2, -0.15) is 0 Å². The predicted molar refractivity (Wildman–Crippen MR) is 72.3 cm³/mol. The van der Waals surface area contributed by atoms with Crippen LogP contribution in [0.1, 0.15) is 65.2 Å². The van der Waals surface area contributed by atoms with Gasteiger partial charge in [0.05, 0.1) is 13.2 Å². The lowest BCUT2D eigenvalue weighted by atomic mass is 10.00. The highest BCUT2D eigenvalue weighted by Gasteiger charge is 2.21. The fourth-order valence-electron chi connectivity index (χ4n) is 1.99. The quantitative estimate of drug-likeness (QED) is 0.378. The van der Waals surface area contributed by atoms with Crippen molar-refractivity contribution in [3.8, 4) is 0 Å². The molecule has 0 aromatic carbocycles. The summed E-state index contributed by atoms with van der Waals surface area (Å²) in [4.78, 5) is 0. The van der Waals surface area contributed by atoms with Crippen LogP contribution in [0.2, 0.25) is 0 Å². The SMILES string of the molecule is CCC(C)CCCCCCCCOCC1CO1. The number of unbranched alkanes of at least 4 members (excludes halogenated alkanes) is 5. The second-order valence-electron chi connectivity index (χ2n) is 5.45. The first-order chi connectivity index (χ1) is 8.33. The van der Waals surface area contributed by atoms with Crippen molar-refractivity contribution in [1.82, 2.24) is 0 Å². The minimum Gasteiger partial charge on any atom is -0.379 e. The van der Waals surface area contributed by atoms with Gasteiger partial charge in [0.25, 0.3) is 0 Å². The average molecular weight is 242 g/mol. The zero-order chi connectivity index (χ0) is 12.3. The third-order valence-corrected chi connectivity index (χ3v) is 3.64. The molecule has 0 aromatic rings. The fraction of sp³-hybridized carbons (Fsp3) is 1.00. The van der Waals surface area contributed by atoms with Crippen LogP contribution in [0.25, 0.3) is 0 Å². The normalized spacial score (nSPS) is 20.5. The van der Waals surface area contributed by atoms with Crippen molar-refractivity contribution in [2.75, 3.05) is 19.8 Å². The highest BCUT2D eigenvalue weighted by Crippen LogP contribution is 2.14. The summed E-state index contributed by atoms with van der Waals surface area (Å²) in [5.74, 6) is 0.924. The molecule has 0 bridgehead atoms. The van der Waals surface area contributed by atoms with Crippen molar-refractivity contribution in [2.45, 2.75) is 71.3 Å². The molecule has 2 atom stereocenters. The molecule has 1 rings (SSSR count). The van der Waals surface area contributed by atoms with E-state index in [2.05, 4.69) is 13.8 Å². The number of ether oxygens (including phenoxy) is 2. The van der Waals surface area contributed by atoms with E-state index < -0.39 is 0 Å². The average Bonchev–Trinajstić information content (AvgIpc) is 3.15. The van der Waals surface area contributed by atoms with Crippen molar-refractivity contribution >= 4 is 0 Å². The van der Waals surface area contributed by atoms with Crippen molar-refractivity contribution in [3.63, 3.8) is 0 Å². The highest BCUT2D eigenvalue weighted by atomic mass is 16.6. The third kappa shape index (κ3) is 9.61. The Balaban J connectivity index is 1.66. The van der Waals surface area contributed by atoms with E-state index in [9.17, 15) is 0 Å². The lowest BCUT2D eigenvalue weighted by molar-refractivity contribution is 0.113. The predicted octanol–water partition coefficient (Wildman–Crippen LogP) is 4.18. The molecule has 0 aromatic heterocycles. The Hall–Kier alpha value is -0.0800. The lowest BCUT2D eigenvalue weighted by Gasteiger charge is -2.07. The van der Waals surface area contributed by atoms with Crippen LogP contribution in [0, 0.1) is 5.92 Å². The molecule has 2 heteroatoms. The fourth-order valence-corrected chi connectivity index (χ4v) is 1.99. The van der Waals surface area contributed by atoms with Gasteiger partial charge in [0.2, 0.25) is 0 Å². The molecule has 1 aliphatic rings. The Morgan fingerprint density at radius 2 is 1.76 bits per heavy atom. The largest absolute Gasteiger partial charge is 0.379 e. The van der Waals surface area contributed by atoms with E-state index in [-0.39, 0.29) is 0 Å². The van der Waals surface area contributed by atoms with Gasteiger partial charge in [-0.15, -0.1) is 0 Å². The van der Waals surface area contributed by atoms with Gasteiger partial charge in [-0.05, 0) is 12.3 Å². The zero-order valence-electron chi connectivity index (χ0n) is 11.7. The van der Waals surface area contributed by atoms with E-state index >= 15 is 0 Å². The van der Waals surface area contributed by atoms with Crippen molar-refractivity contribution in [3.05, 3.63) is 0 Å². The van der Waals surface area contributed by atoms with Crippen LogP contribution in [-0.2, 0) is 9.47 Å². The van der Waals surface area contributed by atoms with E-state index in [0.717, 1.165) is 25.7 Å². The summed E-state index contributed by atoms with van der Waals surface area (Å²) in [6.07, 6.45) is 11.4. The molecule has 0 radical (unpaired) electrons. The molecule has 102 valence electrons. The lowest BCUT2D eigenvalue weighted by Crippen LogP contribution is -2.02. The molecular formula is C15H30O2. The molecule has 1 fully saturated rings. The van der Waals surface area contributed by atoms with Crippen molar-refractivity contribution in [1.29, 1.82) is 0 Å². The molecule has 17 heavy (non-hydrogen) atoms. The first-order valence-corrected chi connectivity index (χ1v) is 7.52. The minimum atomic E-state index is 0.426. The maximum atomic E-state index is 5.51. The topological polar surface area (TPSA) is 21.8 Å². The van der Waals surface area contributed by atoms with Gasteiger partial charge in [-0.1, -0.05) is 58.8 Å². The van der Waals surface area contributed by atoms with E-state index in [0.29, 0.717) is 6.10 Å². The summed E-state index contributed by atoms with van der Waals surface area (Å²) in [5.41, 5.74) is 0. The van der Waals surface area contributed by atoms with E-state index in [1.807, 2.05) is 0 Å².